The van der Waals surface area contributed by atoms with Crippen molar-refractivity contribution < 1.29 is 9.59 Å². The standard InChI is InChI=1S/C28H35N3O2/c1-17-15-20-21-9-10-23(26(33)30-19-7-5-18(16-29)6-8-19)27(21,2)13-11-22(20)28(3)14-12-24(32)31(4)25(17)28/h5-8,20-23H,9-15H2,1-4H3,(H,30,33)/t20-,21-,22-,23+,27-,28+/m0/s1. The third-order valence-corrected chi connectivity index (χ3v) is 9.91. The van der Waals surface area contributed by atoms with Gasteiger partial charge in [0, 0.05) is 36.2 Å². The number of piperidine rings is 1. The van der Waals surface area contributed by atoms with Gasteiger partial charge in [-0.1, -0.05) is 19.4 Å². The quantitative estimate of drug-likeness (QED) is 0.654. The number of nitrogens with zero attached hydrogens (tertiary/aromatic N) is 2. The number of nitrogens with one attached hydrogen (secondary N) is 1. The maximum Gasteiger partial charge on any atom is 0.228 e. The van der Waals surface area contributed by atoms with Gasteiger partial charge in [-0.3, -0.25) is 9.59 Å². The van der Waals surface area contributed by atoms with Crippen LogP contribution in [0, 0.1) is 45.8 Å². The molecular weight excluding hydrogens is 410 g/mol. The van der Waals surface area contributed by atoms with E-state index in [9.17, 15) is 9.59 Å². The Morgan fingerprint density at radius 3 is 2.55 bits per heavy atom. The average Bonchev–Trinajstić information content (AvgIpc) is 3.14. The number of carbonyl (C=O) groups excluding carboxylic acids is 2. The highest BCUT2D eigenvalue weighted by atomic mass is 16.2. The predicted molar refractivity (Wildman–Crippen MR) is 128 cm³/mol. The molecule has 1 aliphatic heterocycles. The summed E-state index contributed by atoms with van der Waals surface area (Å²) >= 11 is 0. The van der Waals surface area contributed by atoms with Crippen molar-refractivity contribution >= 4 is 17.5 Å². The summed E-state index contributed by atoms with van der Waals surface area (Å²) in [5, 5.41) is 12.2. The molecule has 1 N–H and O–H groups in total. The van der Waals surface area contributed by atoms with Gasteiger partial charge in [-0.05, 0) is 92.9 Å². The van der Waals surface area contributed by atoms with Crippen molar-refractivity contribution in [3.05, 3.63) is 41.1 Å². The van der Waals surface area contributed by atoms with E-state index >= 15 is 0 Å². The number of likely N-dealkylation sites (tertiary alicyclic amines) is 1. The second-order valence-corrected chi connectivity index (χ2v) is 11.4. The minimum Gasteiger partial charge on any atom is -0.326 e. The summed E-state index contributed by atoms with van der Waals surface area (Å²) in [4.78, 5) is 27.8. The van der Waals surface area contributed by atoms with Crippen molar-refractivity contribution in [2.75, 3.05) is 12.4 Å². The molecule has 2 amide bonds. The van der Waals surface area contributed by atoms with E-state index in [2.05, 4.69) is 32.2 Å². The molecule has 1 heterocycles. The molecule has 6 atom stereocenters. The fourth-order valence-electron chi connectivity index (χ4n) is 8.40. The van der Waals surface area contributed by atoms with Gasteiger partial charge >= 0.3 is 0 Å². The fourth-order valence-corrected chi connectivity index (χ4v) is 8.40. The lowest BCUT2D eigenvalue weighted by atomic mass is 9.48. The van der Waals surface area contributed by atoms with Crippen LogP contribution in [0.3, 0.4) is 0 Å². The van der Waals surface area contributed by atoms with Gasteiger partial charge in [-0.15, -0.1) is 0 Å². The minimum absolute atomic E-state index is 0.0162. The van der Waals surface area contributed by atoms with Crippen LogP contribution in [0.25, 0.3) is 0 Å². The van der Waals surface area contributed by atoms with Crippen molar-refractivity contribution in [3.8, 4) is 6.07 Å². The number of fused-ring (bicyclic) bond motifs is 5. The highest BCUT2D eigenvalue weighted by Gasteiger charge is 2.61. The lowest BCUT2D eigenvalue weighted by molar-refractivity contribution is -0.137. The Kier molecular flexibility index (Phi) is 5.19. The molecule has 5 heteroatoms. The fraction of sp³-hybridized carbons (Fsp3) is 0.607. The number of amides is 2. The van der Waals surface area contributed by atoms with E-state index in [-0.39, 0.29) is 28.6 Å². The topological polar surface area (TPSA) is 73.2 Å². The highest BCUT2D eigenvalue weighted by molar-refractivity contribution is 5.93. The maximum absolute atomic E-state index is 13.4. The minimum atomic E-state index is 0.0162. The smallest absolute Gasteiger partial charge is 0.228 e. The average molecular weight is 446 g/mol. The Balaban J connectivity index is 1.39. The molecule has 0 spiro atoms. The molecule has 33 heavy (non-hydrogen) atoms. The zero-order valence-corrected chi connectivity index (χ0v) is 20.3. The molecule has 2 saturated carbocycles. The zero-order valence-electron chi connectivity index (χ0n) is 20.3. The first-order valence-corrected chi connectivity index (χ1v) is 12.5. The monoisotopic (exact) mass is 445 g/mol. The van der Waals surface area contributed by atoms with E-state index < -0.39 is 0 Å². The van der Waals surface area contributed by atoms with Crippen LogP contribution in [0.2, 0.25) is 0 Å². The van der Waals surface area contributed by atoms with Gasteiger partial charge in [0.05, 0.1) is 11.6 Å². The van der Waals surface area contributed by atoms with Gasteiger partial charge in [0.2, 0.25) is 11.8 Å². The van der Waals surface area contributed by atoms with Crippen LogP contribution in [-0.2, 0) is 9.59 Å². The highest BCUT2D eigenvalue weighted by Crippen LogP contribution is 2.66. The number of carbonyl (C=O) groups is 2. The molecule has 1 aromatic carbocycles. The molecule has 174 valence electrons. The first-order chi connectivity index (χ1) is 15.7. The molecule has 0 bridgehead atoms. The summed E-state index contributed by atoms with van der Waals surface area (Å²) in [7, 11) is 1.96. The molecule has 3 aliphatic carbocycles. The Hall–Kier alpha value is -2.61. The van der Waals surface area contributed by atoms with Gasteiger partial charge in [0.15, 0.2) is 0 Å². The Morgan fingerprint density at radius 1 is 1.12 bits per heavy atom. The number of rotatable bonds is 2. The Morgan fingerprint density at radius 2 is 1.85 bits per heavy atom. The van der Waals surface area contributed by atoms with Gasteiger partial charge in [0.1, 0.15) is 0 Å². The summed E-state index contributed by atoms with van der Waals surface area (Å²) in [6.07, 6.45) is 6.91. The third kappa shape index (κ3) is 3.25. The summed E-state index contributed by atoms with van der Waals surface area (Å²) < 4.78 is 0. The Bertz CT molecular complexity index is 1070. The molecular formula is C28H35N3O2. The van der Waals surface area contributed by atoms with Crippen LogP contribution in [0.5, 0.6) is 0 Å². The van der Waals surface area contributed by atoms with Crippen LogP contribution in [0.15, 0.2) is 35.5 Å². The van der Waals surface area contributed by atoms with E-state index in [1.807, 2.05) is 24.1 Å². The van der Waals surface area contributed by atoms with Crippen molar-refractivity contribution in [3.63, 3.8) is 0 Å². The first-order valence-electron chi connectivity index (χ1n) is 12.5. The molecule has 0 aromatic heterocycles. The third-order valence-electron chi connectivity index (χ3n) is 9.91. The molecule has 1 aromatic rings. The number of nitriles is 1. The van der Waals surface area contributed by atoms with Crippen LogP contribution in [-0.4, -0.2) is 23.8 Å². The summed E-state index contributed by atoms with van der Waals surface area (Å²) in [5.41, 5.74) is 4.12. The summed E-state index contributed by atoms with van der Waals surface area (Å²) in [6, 6.07) is 9.27. The van der Waals surface area contributed by atoms with E-state index in [1.54, 1.807) is 12.1 Å². The lowest BCUT2D eigenvalue weighted by Crippen LogP contribution is -2.54. The van der Waals surface area contributed by atoms with Crippen LogP contribution in [0.4, 0.5) is 5.69 Å². The van der Waals surface area contributed by atoms with E-state index in [0.717, 1.165) is 44.2 Å². The van der Waals surface area contributed by atoms with Crippen LogP contribution >= 0.6 is 0 Å². The van der Waals surface area contributed by atoms with E-state index in [0.29, 0.717) is 29.7 Å². The molecule has 3 fully saturated rings. The zero-order chi connectivity index (χ0) is 23.5. The molecule has 0 unspecified atom stereocenters. The van der Waals surface area contributed by atoms with Crippen LogP contribution < -0.4 is 5.32 Å². The van der Waals surface area contributed by atoms with Gasteiger partial charge < -0.3 is 10.2 Å². The number of benzene rings is 1. The first kappa shape index (κ1) is 22.2. The van der Waals surface area contributed by atoms with Gasteiger partial charge in [-0.2, -0.15) is 5.26 Å². The normalized spacial score (nSPS) is 37.7. The van der Waals surface area contributed by atoms with Crippen LogP contribution in [0.1, 0.15) is 71.3 Å². The summed E-state index contributed by atoms with van der Waals surface area (Å²) in [6.45, 7) is 6.99. The van der Waals surface area contributed by atoms with Crippen molar-refractivity contribution in [1.29, 1.82) is 5.26 Å². The van der Waals surface area contributed by atoms with Crippen molar-refractivity contribution in [2.45, 2.75) is 65.7 Å². The second-order valence-electron chi connectivity index (χ2n) is 11.4. The molecule has 0 radical (unpaired) electrons. The number of allylic oxidation sites excluding steroid dienone is 2. The molecule has 1 saturated heterocycles. The molecule has 5 nitrogen and oxygen atoms in total. The molecule has 4 aliphatic rings. The lowest BCUT2D eigenvalue weighted by Gasteiger charge is -2.59. The SMILES string of the molecule is CC1=C2N(C)C(=O)CC[C@]2(C)[C@H]2CC[C@]3(C)[C@@H](C(=O)Nc4ccc(C#N)cc4)CC[C@H]3[C@@H]2C1. The summed E-state index contributed by atoms with van der Waals surface area (Å²) in [5.74, 6) is 2.12. The number of anilines is 1. The van der Waals surface area contributed by atoms with E-state index in [4.69, 9.17) is 5.26 Å². The van der Waals surface area contributed by atoms with Crippen molar-refractivity contribution in [1.82, 2.24) is 4.90 Å². The van der Waals surface area contributed by atoms with E-state index in [1.165, 1.54) is 11.3 Å². The number of hydrogen-bond donors (Lipinski definition) is 1. The maximum atomic E-state index is 13.4. The Labute approximate surface area is 197 Å². The second kappa shape index (κ2) is 7.72. The van der Waals surface area contributed by atoms with Gasteiger partial charge in [-0.25, -0.2) is 0 Å². The number of hydrogen-bond acceptors (Lipinski definition) is 3. The predicted octanol–water partition coefficient (Wildman–Crippen LogP) is 5.49. The van der Waals surface area contributed by atoms with Crippen molar-refractivity contribution in [2.24, 2.45) is 34.5 Å². The van der Waals surface area contributed by atoms with Gasteiger partial charge in [0.25, 0.3) is 0 Å². The largest absolute Gasteiger partial charge is 0.326 e. The molecule has 5 rings (SSSR count).